The number of piperazine rings is 1. The molecular formula is C32H33FN6OS2. The minimum atomic E-state index is -1.48. The Bertz CT molecular complexity index is 1630. The Morgan fingerprint density at radius 1 is 0.952 bits per heavy atom. The third-order valence-electron chi connectivity index (χ3n) is 7.60. The first-order valence-corrected chi connectivity index (χ1v) is 16.0. The lowest BCUT2D eigenvalue weighted by atomic mass is 9.94. The monoisotopic (exact) mass is 600 g/mol. The van der Waals surface area contributed by atoms with E-state index in [0.29, 0.717) is 10.8 Å². The second-order valence-electron chi connectivity index (χ2n) is 10.4. The Morgan fingerprint density at radius 3 is 2.48 bits per heavy atom. The highest BCUT2D eigenvalue weighted by atomic mass is 32.2. The van der Waals surface area contributed by atoms with Crippen molar-refractivity contribution in [2.45, 2.75) is 23.2 Å². The molecule has 6 rings (SSSR count). The summed E-state index contributed by atoms with van der Waals surface area (Å²) in [4.78, 5) is 13.7. The van der Waals surface area contributed by atoms with E-state index in [0.717, 1.165) is 65.7 Å². The summed E-state index contributed by atoms with van der Waals surface area (Å²) in [5, 5.41) is 0.912. The molecule has 1 saturated heterocycles. The molecule has 0 amide bonds. The second kappa shape index (κ2) is 13.1. The van der Waals surface area contributed by atoms with Gasteiger partial charge in [0.25, 0.3) is 0 Å². The smallest absolute Gasteiger partial charge is 0.186 e. The minimum Gasteiger partial charge on any atom is -0.345 e. The van der Waals surface area contributed by atoms with Gasteiger partial charge in [-0.2, -0.15) is 0 Å². The van der Waals surface area contributed by atoms with Gasteiger partial charge in [0.2, 0.25) is 0 Å². The lowest BCUT2D eigenvalue weighted by molar-refractivity contribution is 0.313. The fraction of sp³-hybridized carbons (Fsp3) is 0.250. The normalized spacial score (nSPS) is 15.5. The molecule has 0 aliphatic carbocycles. The maximum absolute atomic E-state index is 13.8. The van der Waals surface area contributed by atoms with Crippen LogP contribution in [0.2, 0.25) is 0 Å². The number of hydrogen-bond acceptors (Lipinski definition) is 6. The molecule has 2 atom stereocenters. The van der Waals surface area contributed by atoms with Gasteiger partial charge in [-0.15, -0.1) is 0 Å². The van der Waals surface area contributed by atoms with Crippen molar-refractivity contribution in [1.29, 1.82) is 0 Å². The first-order valence-electron chi connectivity index (χ1n) is 14.0. The van der Waals surface area contributed by atoms with Gasteiger partial charge >= 0.3 is 0 Å². The van der Waals surface area contributed by atoms with Gasteiger partial charge in [-0.1, -0.05) is 78.1 Å². The van der Waals surface area contributed by atoms with Gasteiger partial charge in [0.05, 0.1) is 30.5 Å². The van der Waals surface area contributed by atoms with Gasteiger partial charge in [0.1, 0.15) is 21.0 Å². The van der Waals surface area contributed by atoms with Crippen molar-refractivity contribution >= 4 is 27.5 Å². The number of aryl methyl sites for hydroxylation is 2. The maximum atomic E-state index is 13.8. The summed E-state index contributed by atoms with van der Waals surface area (Å²) >= 11 is 1.49. The number of hydrogen-bond donors (Lipinski definition) is 1. The number of benzene rings is 3. The number of nitrogens with zero attached hydrogens (tertiary/aromatic N) is 5. The molecule has 5 aromatic rings. The third-order valence-corrected chi connectivity index (χ3v) is 10.1. The average molecular weight is 601 g/mol. The van der Waals surface area contributed by atoms with Gasteiger partial charge in [0, 0.05) is 38.3 Å². The molecule has 1 fully saturated rings. The predicted octanol–water partition coefficient (Wildman–Crippen LogP) is 5.54. The topological polar surface area (TPSA) is 66.3 Å². The van der Waals surface area contributed by atoms with Gasteiger partial charge in [0.15, 0.2) is 5.13 Å². The molecule has 0 saturated carbocycles. The van der Waals surface area contributed by atoms with Gasteiger partial charge < -0.3 is 14.4 Å². The van der Waals surface area contributed by atoms with Crippen LogP contribution in [0.15, 0.2) is 102 Å². The first kappa shape index (κ1) is 28.4. The van der Waals surface area contributed by atoms with E-state index in [1.54, 1.807) is 6.20 Å². The number of likely N-dealkylation sites (N-methyl/N-ethyl adjacent to an activating group) is 1. The lowest BCUT2D eigenvalue weighted by Crippen LogP contribution is -2.44. The number of anilines is 1. The average Bonchev–Trinajstić information content (AvgIpc) is 3.71. The summed E-state index contributed by atoms with van der Waals surface area (Å²) in [5.74, 6) is -0.235. The van der Waals surface area contributed by atoms with Crippen LogP contribution in [0.1, 0.15) is 22.7 Å². The van der Waals surface area contributed by atoms with E-state index in [1.807, 2.05) is 55.0 Å². The van der Waals surface area contributed by atoms with E-state index >= 15 is 0 Å². The highest BCUT2D eigenvalue weighted by Gasteiger charge is 2.24. The van der Waals surface area contributed by atoms with E-state index < -0.39 is 11.0 Å². The summed E-state index contributed by atoms with van der Waals surface area (Å²) < 4.78 is 33.4. The van der Waals surface area contributed by atoms with E-state index in [1.165, 1.54) is 23.5 Å². The number of imidazole rings is 1. The number of aromatic nitrogens is 3. The van der Waals surface area contributed by atoms with Crippen molar-refractivity contribution in [3.05, 3.63) is 120 Å². The highest BCUT2D eigenvalue weighted by Crippen LogP contribution is 2.34. The van der Waals surface area contributed by atoms with Crippen LogP contribution in [0.5, 0.6) is 0 Å². The van der Waals surface area contributed by atoms with Crippen molar-refractivity contribution in [3.63, 3.8) is 0 Å². The molecule has 7 nitrogen and oxygen atoms in total. The molecule has 2 aromatic heterocycles. The SMILES string of the molecule is CN1CCN(c2ncc(S(=O)NC(c3ccccc3)c3ccccc3-c3cncn3CCc3ccc(F)cc3)s2)CC1. The molecule has 10 heteroatoms. The number of halogens is 1. The zero-order valence-electron chi connectivity index (χ0n) is 23.4. The Kier molecular flexibility index (Phi) is 8.85. The minimum absolute atomic E-state index is 0.235. The molecule has 1 N–H and O–H groups in total. The molecule has 1 aliphatic rings. The second-order valence-corrected chi connectivity index (χ2v) is 12.9. The van der Waals surface area contributed by atoms with Crippen LogP contribution in [-0.4, -0.2) is 56.9 Å². The zero-order chi connectivity index (χ0) is 28.9. The van der Waals surface area contributed by atoms with Crippen LogP contribution >= 0.6 is 11.3 Å². The lowest BCUT2D eigenvalue weighted by Gasteiger charge is -2.32. The summed E-state index contributed by atoms with van der Waals surface area (Å²) in [5.41, 5.74) is 5.05. The van der Waals surface area contributed by atoms with Crippen molar-refractivity contribution in [2.24, 2.45) is 0 Å². The Morgan fingerprint density at radius 2 is 1.69 bits per heavy atom. The molecule has 1 aliphatic heterocycles. The summed E-state index contributed by atoms with van der Waals surface area (Å²) in [6.45, 7) is 4.50. The fourth-order valence-electron chi connectivity index (χ4n) is 5.21. The van der Waals surface area contributed by atoms with Gasteiger partial charge in [-0.25, -0.2) is 23.3 Å². The van der Waals surface area contributed by atoms with Crippen LogP contribution < -0.4 is 9.62 Å². The van der Waals surface area contributed by atoms with Gasteiger partial charge in [-0.3, -0.25) is 0 Å². The molecule has 0 radical (unpaired) electrons. The molecule has 42 heavy (non-hydrogen) atoms. The maximum Gasteiger partial charge on any atom is 0.186 e. The first-order chi connectivity index (χ1) is 20.5. The largest absolute Gasteiger partial charge is 0.345 e. The fourth-order valence-corrected chi connectivity index (χ4v) is 7.32. The van der Waals surface area contributed by atoms with E-state index in [9.17, 15) is 8.60 Å². The summed E-state index contributed by atoms with van der Waals surface area (Å²) in [7, 11) is 0.649. The molecule has 3 heterocycles. The molecule has 2 unspecified atom stereocenters. The standard InChI is InChI=1S/C32H33FN6OS2/c1-37-17-19-38(20-18-37)32-35-22-30(41-32)42(40)36-31(25-7-3-2-4-8-25)28-10-6-5-9-27(28)29-21-34-23-39(29)16-15-24-11-13-26(33)14-12-24/h2-14,21-23,31,36H,15-20H2,1H3. The van der Waals surface area contributed by atoms with Crippen LogP contribution in [-0.2, 0) is 24.0 Å². The van der Waals surface area contributed by atoms with E-state index in [2.05, 4.69) is 60.4 Å². The molecule has 0 bridgehead atoms. The van der Waals surface area contributed by atoms with Crippen molar-refractivity contribution < 1.29 is 8.60 Å². The predicted molar refractivity (Wildman–Crippen MR) is 167 cm³/mol. The third kappa shape index (κ3) is 6.52. The number of thiazole rings is 1. The highest BCUT2D eigenvalue weighted by molar-refractivity contribution is 7.85. The van der Waals surface area contributed by atoms with Crippen LogP contribution in [0.3, 0.4) is 0 Å². The van der Waals surface area contributed by atoms with Crippen molar-refractivity contribution in [3.8, 4) is 11.3 Å². The Labute approximate surface area is 252 Å². The van der Waals surface area contributed by atoms with E-state index in [4.69, 9.17) is 0 Å². The van der Waals surface area contributed by atoms with Crippen LogP contribution in [0, 0.1) is 5.82 Å². The zero-order valence-corrected chi connectivity index (χ0v) is 25.0. The molecule has 0 spiro atoms. The van der Waals surface area contributed by atoms with E-state index in [-0.39, 0.29) is 11.9 Å². The molecule has 3 aromatic carbocycles. The molecular weight excluding hydrogens is 568 g/mol. The van der Waals surface area contributed by atoms with Gasteiger partial charge in [-0.05, 0) is 42.3 Å². The van der Waals surface area contributed by atoms with Crippen molar-refractivity contribution in [2.75, 3.05) is 38.1 Å². The molecule has 216 valence electrons. The summed E-state index contributed by atoms with van der Waals surface area (Å²) in [6.07, 6.45) is 6.18. The van der Waals surface area contributed by atoms with Crippen LogP contribution in [0.4, 0.5) is 9.52 Å². The Hall–Kier alpha value is -3.70. The quantitative estimate of drug-likeness (QED) is 0.228. The summed E-state index contributed by atoms with van der Waals surface area (Å²) in [6, 6.07) is 24.6. The number of nitrogens with one attached hydrogen (secondary N) is 1. The Balaban J connectivity index is 1.28. The number of rotatable bonds is 10. The van der Waals surface area contributed by atoms with Crippen molar-refractivity contribution in [1.82, 2.24) is 24.2 Å². The van der Waals surface area contributed by atoms with Crippen LogP contribution in [0.25, 0.3) is 11.3 Å².